The summed E-state index contributed by atoms with van der Waals surface area (Å²) in [6.07, 6.45) is 6.00. The number of nitrogens with one attached hydrogen (secondary N) is 2. The fourth-order valence-corrected chi connectivity index (χ4v) is 4.93. The molecule has 1 saturated carbocycles. The van der Waals surface area contributed by atoms with Crippen LogP contribution in [0.4, 0.5) is 4.79 Å². The molecule has 8 nitrogen and oxygen atoms in total. The molecule has 0 saturated heterocycles. The second-order valence-electron chi connectivity index (χ2n) is 11.1. The monoisotopic (exact) mass is 544 g/mol. The lowest BCUT2D eigenvalue weighted by molar-refractivity contribution is -0.142. The second kappa shape index (κ2) is 14.3. The third-order valence-electron chi connectivity index (χ3n) is 6.77. The molecule has 0 radical (unpaired) electrons. The van der Waals surface area contributed by atoms with E-state index in [1.807, 2.05) is 36.4 Å². The number of alkyl carbamates (subject to hydrolysis) is 1. The van der Waals surface area contributed by atoms with Crippen LogP contribution in [-0.4, -0.2) is 47.0 Å². The highest BCUT2D eigenvalue weighted by atomic mass is 16.6. The van der Waals surface area contributed by atoms with Crippen molar-refractivity contribution in [2.24, 2.45) is 0 Å². The fourth-order valence-electron chi connectivity index (χ4n) is 4.93. The maximum absolute atomic E-state index is 14.2. The number of benzene rings is 2. The number of hydrogen-bond donors (Lipinski definition) is 2. The van der Waals surface area contributed by atoms with E-state index in [0.29, 0.717) is 5.56 Å². The summed E-state index contributed by atoms with van der Waals surface area (Å²) in [5, 5.41) is 15.6. The molecule has 212 valence electrons. The Morgan fingerprint density at radius 1 is 1.10 bits per heavy atom. The second-order valence-corrected chi connectivity index (χ2v) is 11.1. The van der Waals surface area contributed by atoms with Crippen LogP contribution in [-0.2, 0) is 20.7 Å². The van der Waals surface area contributed by atoms with E-state index in [2.05, 4.69) is 23.3 Å². The van der Waals surface area contributed by atoms with Crippen LogP contribution in [0.1, 0.15) is 75.6 Å². The quantitative estimate of drug-likeness (QED) is 0.394. The Hall–Kier alpha value is -4.12. The van der Waals surface area contributed by atoms with Gasteiger partial charge >= 0.3 is 6.09 Å². The Balaban J connectivity index is 2.01. The van der Waals surface area contributed by atoms with Crippen molar-refractivity contribution in [3.05, 3.63) is 77.9 Å². The summed E-state index contributed by atoms with van der Waals surface area (Å²) in [6.45, 7) is 8.69. The van der Waals surface area contributed by atoms with Crippen LogP contribution in [0.2, 0.25) is 0 Å². The third kappa shape index (κ3) is 8.98. The molecule has 8 heteroatoms. The number of carbonyl (C=O) groups excluding carboxylic acids is 3. The zero-order valence-corrected chi connectivity index (χ0v) is 23.7. The molecule has 2 atom stereocenters. The normalized spacial score (nSPS) is 15.2. The van der Waals surface area contributed by atoms with Crippen LogP contribution in [0, 0.1) is 11.3 Å². The van der Waals surface area contributed by atoms with Crippen molar-refractivity contribution >= 4 is 24.0 Å². The number of nitrogens with zero attached hydrogens (tertiary/aromatic N) is 2. The zero-order valence-electron chi connectivity index (χ0n) is 23.7. The van der Waals surface area contributed by atoms with Gasteiger partial charge < -0.3 is 20.3 Å². The molecule has 1 aliphatic rings. The summed E-state index contributed by atoms with van der Waals surface area (Å²) in [5.74, 6) is -0.906. The van der Waals surface area contributed by atoms with Crippen LogP contribution in [0.3, 0.4) is 0 Å². The highest BCUT2D eigenvalue weighted by molar-refractivity contribution is 5.92. The Morgan fingerprint density at radius 2 is 1.80 bits per heavy atom. The highest BCUT2D eigenvalue weighted by Gasteiger charge is 2.37. The molecule has 1 aliphatic carbocycles. The van der Waals surface area contributed by atoms with Gasteiger partial charge in [-0.25, -0.2) is 4.79 Å². The molecule has 0 aromatic heterocycles. The Bertz CT molecular complexity index is 1210. The lowest BCUT2D eigenvalue weighted by atomic mass is 9.94. The predicted molar refractivity (Wildman–Crippen MR) is 155 cm³/mol. The summed E-state index contributed by atoms with van der Waals surface area (Å²) in [7, 11) is 0. The standard InChI is InChI=1S/C32H40N4O4/c1-5-23-15-12-16-25(21-23)28(29(37)34-26-17-10-7-11-18-26)36(20-19-33)30(38)27(22-24-13-8-6-9-14-24)35-31(39)40-32(2,3)4/h5-6,8-9,12-16,21,26-28H,1,7,10-11,17-18,20,22H2,2-4H3,(H,34,37)(H,35,39). The highest BCUT2D eigenvalue weighted by Crippen LogP contribution is 2.26. The maximum Gasteiger partial charge on any atom is 0.408 e. The summed E-state index contributed by atoms with van der Waals surface area (Å²) in [4.78, 5) is 42.1. The SMILES string of the molecule is C=Cc1cccc(C(C(=O)NC2CCCCC2)N(CC#N)C(=O)C(Cc2ccccc2)NC(=O)OC(C)(C)C)c1. The fraction of sp³-hybridized carbons (Fsp3) is 0.438. The van der Waals surface area contributed by atoms with Crippen molar-refractivity contribution in [1.29, 1.82) is 5.26 Å². The first-order chi connectivity index (χ1) is 19.1. The third-order valence-corrected chi connectivity index (χ3v) is 6.77. The summed E-state index contributed by atoms with van der Waals surface area (Å²) < 4.78 is 5.44. The molecule has 3 rings (SSSR count). The summed E-state index contributed by atoms with van der Waals surface area (Å²) in [6, 6.07) is 16.4. The van der Waals surface area contributed by atoms with Crippen LogP contribution < -0.4 is 10.6 Å². The number of ether oxygens (including phenoxy) is 1. The average Bonchev–Trinajstić information content (AvgIpc) is 2.92. The van der Waals surface area contributed by atoms with E-state index in [0.717, 1.165) is 43.2 Å². The van der Waals surface area contributed by atoms with Gasteiger partial charge in [-0.15, -0.1) is 0 Å². The Labute approximate surface area is 237 Å². The number of nitriles is 1. The lowest BCUT2D eigenvalue weighted by Gasteiger charge is -2.34. The average molecular weight is 545 g/mol. The van der Waals surface area contributed by atoms with Crippen LogP contribution in [0.15, 0.2) is 61.2 Å². The zero-order chi connectivity index (χ0) is 29.1. The van der Waals surface area contributed by atoms with Crippen LogP contribution in [0.5, 0.6) is 0 Å². The minimum absolute atomic E-state index is 0.00498. The van der Waals surface area contributed by atoms with Gasteiger partial charge in [0.25, 0.3) is 0 Å². The number of amides is 3. The molecule has 1 fully saturated rings. The molecule has 2 aromatic carbocycles. The van der Waals surface area contributed by atoms with Gasteiger partial charge in [0.2, 0.25) is 11.8 Å². The topological polar surface area (TPSA) is 112 Å². The van der Waals surface area contributed by atoms with Gasteiger partial charge in [0.15, 0.2) is 0 Å². The smallest absolute Gasteiger partial charge is 0.408 e. The van der Waals surface area contributed by atoms with Gasteiger partial charge in [-0.2, -0.15) is 5.26 Å². The van der Waals surface area contributed by atoms with Crippen LogP contribution in [0.25, 0.3) is 6.08 Å². The molecular weight excluding hydrogens is 504 g/mol. The van der Waals surface area contributed by atoms with Crippen molar-refractivity contribution in [3.8, 4) is 6.07 Å². The van der Waals surface area contributed by atoms with Crippen LogP contribution >= 0.6 is 0 Å². The van der Waals surface area contributed by atoms with Crippen molar-refractivity contribution in [1.82, 2.24) is 15.5 Å². The van der Waals surface area contributed by atoms with Crippen molar-refractivity contribution < 1.29 is 19.1 Å². The van der Waals surface area contributed by atoms with Gasteiger partial charge in [-0.3, -0.25) is 9.59 Å². The molecule has 0 heterocycles. The minimum Gasteiger partial charge on any atom is -0.444 e. The lowest BCUT2D eigenvalue weighted by Crippen LogP contribution is -2.54. The molecule has 0 aliphatic heterocycles. The molecule has 2 N–H and O–H groups in total. The number of rotatable bonds is 10. The summed E-state index contributed by atoms with van der Waals surface area (Å²) in [5.41, 5.74) is 1.38. The largest absolute Gasteiger partial charge is 0.444 e. The van der Waals surface area contributed by atoms with Crippen molar-refractivity contribution in [2.45, 2.75) is 83.0 Å². The van der Waals surface area contributed by atoms with E-state index in [-0.39, 0.29) is 24.9 Å². The predicted octanol–water partition coefficient (Wildman–Crippen LogP) is 5.31. The first-order valence-corrected chi connectivity index (χ1v) is 13.8. The van der Waals surface area contributed by atoms with Gasteiger partial charge in [0.1, 0.15) is 24.2 Å². The van der Waals surface area contributed by atoms with E-state index in [4.69, 9.17) is 4.74 Å². The van der Waals surface area contributed by atoms with Gasteiger partial charge in [-0.1, -0.05) is 80.4 Å². The van der Waals surface area contributed by atoms with E-state index in [9.17, 15) is 19.6 Å². The van der Waals surface area contributed by atoms with E-state index >= 15 is 0 Å². The van der Waals surface area contributed by atoms with Gasteiger partial charge in [-0.05, 0) is 56.4 Å². The first-order valence-electron chi connectivity index (χ1n) is 13.8. The van der Waals surface area contributed by atoms with Gasteiger partial charge in [0, 0.05) is 12.5 Å². The molecule has 2 unspecified atom stereocenters. The first kappa shape index (κ1) is 30.4. The molecule has 0 spiro atoms. The van der Waals surface area contributed by atoms with Crippen molar-refractivity contribution in [2.75, 3.05) is 6.54 Å². The van der Waals surface area contributed by atoms with E-state index in [1.54, 1.807) is 45.0 Å². The molecule has 0 bridgehead atoms. The number of carbonyl (C=O) groups is 3. The Morgan fingerprint density at radius 3 is 2.42 bits per heavy atom. The number of hydrogen-bond acceptors (Lipinski definition) is 5. The maximum atomic E-state index is 14.2. The molecule has 40 heavy (non-hydrogen) atoms. The van der Waals surface area contributed by atoms with E-state index < -0.39 is 29.7 Å². The van der Waals surface area contributed by atoms with E-state index in [1.165, 1.54) is 4.90 Å². The molecular formula is C32H40N4O4. The molecule has 2 aromatic rings. The molecule has 3 amide bonds. The van der Waals surface area contributed by atoms with Crippen molar-refractivity contribution in [3.63, 3.8) is 0 Å². The minimum atomic E-state index is -1.08. The van der Waals surface area contributed by atoms with Gasteiger partial charge in [0.05, 0.1) is 6.07 Å². The summed E-state index contributed by atoms with van der Waals surface area (Å²) >= 11 is 0. The Kier molecular flexibility index (Phi) is 10.9.